The number of aryl methyl sites for hydroxylation is 1. The molecule has 0 saturated heterocycles. The molecule has 0 aliphatic carbocycles. The van der Waals surface area contributed by atoms with Crippen LogP contribution in [0.15, 0.2) is 18.5 Å². The molecule has 1 heterocycles. The third-order valence-corrected chi connectivity index (χ3v) is 2.64. The molecule has 3 nitrogen and oxygen atoms in total. The molecule has 0 radical (unpaired) electrons. The van der Waals surface area contributed by atoms with Crippen LogP contribution in [0.1, 0.15) is 11.1 Å². The van der Waals surface area contributed by atoms with Gasteiger partial charge in [0.05, 0.1) is 11.3 Å². The Kier molecular flexibility index (Phi) is 2.75. The molecule has 88 valence electrons. The van der Waals surface area contributed by atoms with Gasteiger partial charge in [-0.2, -0.15) is 0 Å². The van der Waals surface area contributed by atoms with Gasteiger partial charge in [0.1, 0.15) is 23.8 Å². The van der Waals surface area contributed by atoms with E-state index < -0.39 is 11.6 Å². The van der Waals surface area contributed by atoms with Crippen LogP contribution >= 0.6 is 0 Å². The Labute approximate surface area is 97.3 Å². The predicted molar refractivity (Wildman–Crippen MR) is 61.3 cm³/mol. The second-order valence-corrected chi connectivity index (χ2v) is 3.79. The number of aromatic nitrogens is 2. The lowest BCUT2D eigenvalue weighted by Crippen LogP contribution is -2.02. The fourth-order valence-electron chi connectivity index (χ4n) is 1.59. The molecule has 2 aromatic rings. The lowest BCUT2D eigenvalue weighted by molar-refractivity contribution is 0.582. The number of hydrogen-bond donors (Lipinski definition) is 1. The fourth-order valence-corrected chi connectivity index (χ4v) is 1.59. The first kappa shape index (κ1) is 11.4. The highest BCUT2D eigenvalue weighted by molar-refractivity contribution is 5.68. The number of nitrogens with zero attached hydrogens (tertiary/aromatic N) is 2. The molecule has 0 spiro atoms. The minimum absolute atomic E-state index is 0.156. The second-order valence-electron chi connectivity index (χ2n) is 3.79. The molecular formula is C12H11F2N3. The minimum atomic E-state index is -0.658. The summed E-state index contributed by atoms with van der Waals surface area (Å²) >= 11 is 0. The zero-order valence-corrected chi connectivity index (χ0v) is 9.46. The van der Waals surface area contributed by atoms with Gasteiger partial charge in [0, 0.05) is 5.56 Å². The maximum absolute atomic E-state index is 13.9. The molecule has 0 unspecified atom stereocenters. The van der Waals surface area contributed by atoms with E-state index >= 15 is 0 Å². The number of nitrogens with two attached hydrogens (primary N) is 1. The molecule has 0 amide bonds. The Balaban J connectivity index is 2.77. The summed E-state index contributed by atoms with van der Waals surface area (Å²) < 4.78 is 27.6. The van der Waals surface area contributed by atoms with E-state index in [1.165, 1.54) is 18.5 Å². The summed E-state index contributed by atoms with van der Waals surface area (Å²) in [6.07, 6.45) is 1.19. The second kappa shape index (κ2) is 4.08. The molecule has 0 saturated carbocycles. The molecule has 5 heteroatoms. The van der Waals surface area contributed by atoms with Crippen LogP contribution in [-0.4, -0.2) is 9.97 Å². The van der Waals surface area contributed by atoms with Gasteiger partial charge in [-0.15, -0.1) is 0 Å². The summed E-state index contributed by atoms with van der Waals surface area (Å²) in [5, 5.41) is 0. The molecule has 0 fully saturated rings. The lowest BCUT2D eigenvalue weighted by atomic mass is 10.0. The van der Waals surface area contributed by atoms with Crippen LogP contribution in [0.3, 0.4) is 0 Å². The van der Waals surface area contributed by atoms with Gasteiger partial charge in [-0.1, -0.05) is 6.07 Å². The van der Waals surface area contributed by atoms with Crippen molar-refractivity contribution in [2.45, 2.75) is 13.8 Å². The Bertz CT molecular complexity index is 582. The normalized spacial score (nSPS) is 10.6. The SMILES string of the molecule is Cc1ccc(F)c(-c2ncnc(N)c2C)c1F. The van der Waals surface area contributed by atoms with Crippen molar-refractivity contribution in [3.8, 4) is 11.3 Å². The predicted octanol–water partition coefficient (Wildman–Crippen LogP) is 2.62. The summed E-state index contributed by atoms with van der Waals surface area (Å²) in [5.74, 6) is -1.06. The van der Waals surface area contributed by atoms with E-state index in [4.69, 9.17) is 5.73 Å². The van der Waals surface area contributed by atoms with E-state index in [1.807, 2.05) is 0 Å². The molecule has 17 heavy (non-hydrogen) atoms. The minimum Gasteiger partial charge on any atom is -0.383 e. The third kappa shape index (κ3) is 1.84. The molecule has 1 aromatic carbocycles. The van der Waals surface area contributed by atoms with Crippen molar-refractivity contribution in [3.05, 3.63) is 41.2 Å². The molecule has 0 atom stereocenters. The average Bonchev–Trinajstić information content (AvgIpc) is 2.30. The van der Waals surface area contributed by atoms with E-state index in [9.17, 15) is 8.78 Å². The molecule has 0 aliphatic rings. The number of rotatable bonds is 1. The summed E-state index contributed by atoms with van der Waals surface area (Å²) in [6.45, 7) is 3.20. The van der Waals surface area contributed by atoms with Crippen molar-refractivity contribution < 1.29 is 8.78 Å². The zero-order valence-electron chi connectivity index (χ0n) is 9.46. The molecule has 1 aromatic heterocycles. The summed E-state index contributed by atoms with van der Waals surface area (Å²) in [4.78, 5) is 7.67. The number of nitrogen functional groups attached to an aromatic ring is 1. The van der Waals surface area contributed by atoms with Crippen molar-refractivity contribution in [2.24, 2.45) is 0 Å². The van der Waals surface area contributed by atoms with Gasteiger partial charge >= 0.3 is 0 Å². The Hall–Kier alpha value is -2.04. The molecule has 0 bridgehead atoms. The van der Waals surface area contributed by atoms with Gasteiger partial charge in [-0.05, 0) is 25.5 Å². The van der Waals surface area contributed by atoms with E-state index in [0.29, 0.717) is 11.1 Å². The molecular weight excluding hydrogens is 224 g/mol. The fraction of sp³-hybridized carbons (Fsp3) is 0.167. The monoisotopic (exact) mass is 235 g/mol. The topological polar surface area (TPSA) is 51.8 Å². The quantitative estimate of drug-likeness (QED) is 0.826. The van der Waals surface area contributed by atoms with Crippen molar-refractivity contribution in [2.75, 3.05) is 5.73 Å². The van der Waals surface area contributed by atoms with Gasteiger partial charge in [0.2, 0.25) is 0 Å². The lowest BCUT2D eigenvalue weighted by Gasteiger charge is -2.10. The summed E-state index contributed by atoms with van der Waals surface area (Å²) in [6, 6.07) is 2.60. The van der Waals surface area contributed by atoms with E-state index in [2.05, 4.69) is 9.97 Å². The largest absolute Gasteiger partial charge is 0.383 e. The van der Waals surface area contributed by atoms with Crippen LogP contribution < -0.4 is 5.73 Å². The maximum Gasteiger partial charge on any atom is 0.138 e. The Morgan fingerprint density at radius 3 is 2.53 bits per heavy atom. The van der Waals surface area contributed by atoms with Crippen LogP contribution in [0.25, 0.3) is 11.3 Å². The van der Waals surface area contributed by atoms with Gasteiger partial charge in [-0.25, -0.2) is 18.7 Å². The van der Waals surface area contributed by atoms with Gasteiger partial charge in [0.25, 0.3) is 0 Å². The Morgan fingerprint density at radius 1 is 1.12 bits per heavy atom. The van der Waals surface area contributed by atoms with Gasteiger partial charge in [-0.3, -0.25) is 0 Å². The summed E-state index contributed by atoms with van der Waals surface area (Å²) in [5.41, 5.74) is 6.46. The van der Waals surface area contributed by atoms with E-state index in [0.717, 1.165) is 0 Å². The van der Waals surface area contributed by atoms with Gasteiger partial charge in [0.15, 0.2) is 0 Å². The average molecular weight is 235 g/mol. The molecule has 0 aliphatic heterocycles. The maximum atomic E-state index is 13.9. The van der Waals surface area contributed by atoms with Crippen LogP contribution in [0.4, 0.5) is 14.6 Å². The van der Waals surface area contributed by atoms with E-state index in [-0.39, 0.29) is 17.1 Å². The van der Waals surface area contributed by atoms with Crippen LogP contribution in [0, 0.1) is 25.5 Å². The first-order valence-corrected chi connectivity index (χ1v) is 5.04. The smallest absolute Gasteiger partial charge is 0.138 e. The van der Waals surface area contributed by atoms with Crippen LogP contribution in [0.5, 0.6) is 0 Å². The number of anilines is 1. The zero-order chi connectivity index (χ0) is 12.6. The highest BCUT2D eigenvalue weighted by atomic mass is 19.1. The van der Waals surface area contributed by atoms with Crippen molar-refractivity contribution >= 4 is 5.82 Å². The number of benzene rings is 1. The first-order valence-electron chi connectivity index (χ1n) is 5.04. The van der Waals surface area contributed by atoms with Crippen LogP contribution in [-0.2, 0) is 0 Å². The van der Waals surface area contributed by atoms with Gasteiger partial charge < -0.3 is 5.73 Å². The molecule has 2 rings (SSSR count). The molecule has 2 N–H and O–H groups in total. The van der Waals surface area contributed by atoms with Crippen LogP contribution in [0.2, 0.25) is 0 Å². The van der Waals surface area contributed by atoms with Crippen molar-refractivity contribution in [3.63, 3.8) is 0 Å². The summed E-state index contributed by atoms with van der Waals surface area (Å²) in [7, 11) is 0. The number of halogens is 2. The highest BCUT2D eigenvalue weighted by Crippen LogP contribution is 2.29. The third-order valence-electron chi connectivity index (χ3n) is 2.64. The van der Waals surface area contributed by atoms with Crippen molar-refractivity contribution in [1.82, 2.24) is 9.97 Å². The van der Waals surface area contributed by atoms with E-state index in [1.54, 1.807) is 13.8 Å². The Morgan fingerprint density at radius 2 is 1.82 bits per heavy atom. The first-order chi connectivity index (χ1) is 8.02. The number of hydrogen-bond acceptors (Lipinski definition) is 3. The highest BCUT2D eigenvalue weighted by Gasteiger charge is 2.17. The van der Waals surface area contributed by atoms with Crippen molar-refractivity contribution in [1.29, 1.82) is 0 Å². The standard InChI is InChI=1S/C12H11F2N3/c1-6-3-4-8(13)9(10(6)14)11-7(2)12(15)17-5-16-11/h3-5H,1-2H3,(H2,15,16,17).